The Morgan fingerprint density at radius 1 is 1.44 bits per heavy atom. The highest BCUT2D eigenvalue weighted by Gasteiger charge is 2.12. The number of ketones is 1. The minimum absolute atomic E-state index is 0.200. The van der Waals surface area contributed by atoms with Crippen LogP contribution in [0.3, 0.4) is 0 Å². The molecule has 0 radical (unpaired) electrons. The normalized spacial score (nSPS) is 10.3. The predicted octanol–water partition coefficient (Wildman–Crippen LogP) is 3.49. The van der Waals surface area contributed by atoms with Gasteiger partial charge in [-0.1, -0.05) is 11.6 Å². The largest absolute Gasteiger partial charge is 0.495 e. The molecule has 0 saturated carbocycles. The van der Waals surface area contributed by atoms with Crippen molar-refractivity contribution < 1.29 is 9.53 Å². The average molecular weight is 241 g/mol. The quantitative estimate of drug-likeness (QED) is 0.805. The zero-order chi connectivity index (χ0) is 12.3. The van der Waals surface area contributed by atoms with Gasteiger partial charge in [0.2, 0.25) is 0 Å². The number of aryl methyl sites for hydroxylation is 1. The van der Waals surface area contributed by atoms with Crippen LogP contribution in [0.2, 0.25) is 5.02 Å². The van der Waals surface area contributed by atoms with E-state index in [-0.39, 0.29) is 5.78 Å². The summed E-state index contributed by atoms with van der Waals surface area (Å²) in [5.74, 6) is 0.897. The number of hydrogen-bond acceptors (Lipinski definition) is 2. The lowest BCUT2D eigenvalue weighted by Gasteiger charge is -2.14. The number of rotatable bonds is 4. The van der Waals surface area contributed by atoms with Crippen molar-refractivity contribution in [1.82, 2.24) is 0 Å². The molecule has 0 saturated heterocycles. The van der Waals surface area contributed by atoms with E-state index in [0.717, 1.165) is 23.1 Å². The van der Waals surface area contributed by atoms with E-state index in [1.807, 2.05) is 19.9 Å². The van der Waals surface area contributed by atoms with Gasteiger partial charge in [0.25, 0.3) is 0 Å². The van der Waals surface area contributed by atoms with Crippen molar-refractivity contribution in [3.8, 4) is 5.75 Å². The molecule has 2 nitrogen and oxygen atoms in total. The second-order valence-electron chi connectivity index (χ2n) is 4.02. The van der Waals surface area contributed by atoms with Crippen molar-refractivity contribution >= 4 is 17.4 Å². The van der Waals surface area contributed by atoms with Crippen LogP contribution in [-0.4, -0.2) is 12.9 Å². The third kappa shape index (κ3) is 2.76. The average Bonchev–Trinajstić information content (AvgIpc) is 2.22. The van der Waals surface area contributed by atoms with Crippen molar-refractivity contribution in [3.63, 3.8) is 0 Å². The molecule has 1 aromatic rings. The second kappa shape index (κ2) is 5.35. The van der Waals surface area contributed by atoms with E-state index in [9.17, 15) is 4.79 Å². The molecule has 0 bridgehead atoms. The maximum atomic E-state index is 11.0. The van der Waals surface area contributed by atoms with Crippen LogP contribution in [0.15, 0.2) is 6.07 Å². The summed E-state index contributed by atoms with van der Waals surface area (Å²) in [6, 6.07) is 1.92. The summed E-state index contributed by atoms with van der Waals surface area (Å²) in [7, 11) is 1.61. The maximum Gasteiger partial charge on any atom is 0.138 e. The van der Waals surface area contributed by atoms with Gasteiger partial charge in [-0.2, -0.15) is 0 Å². The number of ether oxygens (including phenoxy) is 1. The summed E-state index contributed by atoms with van der Waals surface area (Å²) < 4.78 is 5.19. The van der Waals surface area contributed by atoms with Crippen LogP contribution in [0.1, 0.15) is 30.0 Å². The van der Waals surface area contributed by atoms with Crippen LogP contribution in [0.5, 0.6) is 5.75 Å². The molecule has 0 atom stereocenters. The molecule has 0 amide bonds. The Bertz CT molecular complexity index is 411. The molecule has 1 rings (SSSR count). The molecule has 0 aliphatic carbocycles. The van der Waals surface area contributed by atoms with E-state index >= 15 is 0 Å². The Morgan fingerprint density at radius 2 is 2.06 bits per heavy atom. The number of carbonyl (C=O) groups excluding carboxylic acids is 1. The highest BCUT2D eigenvalue weighted by molar-refractivity contribution is 6.33. The zero-order valence-corrected chi connectivity index (χ0v) is 10.9. The summed E-state index contributed by atoms with van der Waals surface area (Å²) in [5, 5.41) is 0.645. The van der Waals surface area contributed by atoms with Crippen molar-refractivity contribution in [2.24, 2.45) is 0 Å². The fourth-order valence-corrected chi connectivity index (χ4v) is 2.04. The molecule has 0 heterocycles. The van der Waals surface area contributed by atoms with E-state index in [2.05, 4.69) is 0 Å². The van der Waals surface area contributed by atoms with Crippen LogP contribution in [-0.2, 0) is 11.2 Å². The summed E-state index contributed by atoms with van der Waals surface area (Å²) in [4.78, 5) is 11.0. The summed E-state index contributed by atoms with van der Waals surface area (Å²) in [6.07, 6.45) is 1.31. The standard InChI is InChI=1S/C13H17ClO2/c1-8-7-12(16-4)13(14)10(3)11(8)6-5-9(2)15/h7H,5-6H2,1-4H3. The summed E-state index contributed by atoms with van der Waals surface area (Å²) in [5.41, 5.74) is 3.29. The Morgan fingerprint density at radius 3 is 2.56 bits per heavy atom. The highest BCUT2D eigenvalue weighted by Crippen LogP contribution is 2.33. The number of methoxy groups -OCH3 is 1. The minimum Gasteiger partial charge on any atom is -0.495 e. The Labute approximate surface area is 102 Å². The maximum absolute atomic E-state index is 11.0. The smallest absolute Gasteiger partial charge is 0.138 e. The molecule has 0 spiro atoms. The van der Waals surface area contributed by atoms with Gasteiger partial charge in [0.05, 0.1) is 12.1 Å². The van der Waals surface area contributed by atoms with Gasteiger partial charge >= 0.3 is 0 Å². The number of halogens is 1. The zero-order valence-electron chi connectivity index (χ0n) is 10.2. The first-order chi connectivity index (χ1) is 7.47. The topological polar surface area (TPSA) is 26.3 Å². The third-order valence-electron chi connectivity index (χ3n) is 2.77. The lowest BCUT2D eigenvalue weighted by Crippen LogP contribution is -2.01. The van der Waals surface area contributed by atoms with Gasteiger partial charge in [0.15, 0.2) is 0 Å². The summed E-state index contributed by atoms with van der Waals surface area (Å²) >= 11 is 6.18. The Kier molecular flexibility index (Phi) is 4.36. The van der Waals surface area contributed by atoms with Crippen molar-refractivity contribution in [3.05, 3.63) is 27.8 Å². The van der Waals surface area contributed by atoms with Gasteiger partial charge in [-0.25, -0.2) is 0 Å². The van der Waals surface area contributed by atoms with Gasteiger partial charge in [0, 0.05) is 6.42 Å². The van der Waals surface area contributed by atoms with E-state index in [0.29, 0.717) is 17.2 Å². The van der Waals surface area contributed by atoms with Crippen molar-refractivity contribution in [2.45, 2.75) is 33.6 Å². The molecule has 0 fully saturated rings. The van der Waals surface area contributed by atoms with E-state index < -0.39 is 0 Å². The molecule has 0 N–H and O–H groups in total. The van der Waals surface area contributed by atoms with Gasteiger partial charge in [-0.3, -0.25) is 0 Å². The Hall–Kier alpha value is -1.02. The van der Waals surface area contributed by atoms with E-state index in [1.54, 1.807) is 14.0 Å². The molecule has 0 aliphatic rings. The van der Waals surface area contributed by atoms with Gasteiger partial charge in [-0.15, -0.1) is 0 Å². The first-order valence-electron chi connectivity index (χ1n) is 5.29. The van der Waals surface area contributed by atoms with E-state index in [4.69, 9.17) is 16.3 Å². The number of hydrogen-bond donors (Lipinski definition) is 0. The predicted molar refractivity (Wildman–Crippen MR) is 66.5 cm³/mol. The molecule has 0 aromatic heterocycles. The van der Waals surface area contributed by atoms with Crippen LogP contribution in [0.4, 0.5) is 0 Å². The van der Waals surface area contributed by atoms with Crippen LogP contribution in [0, 0.1) is 13.8 Å². The molecule has 1 aromatic carbocycles. The fraction of sp³-hybridized carbons (Fsp3) is 0.462. The molecule has 16 heavy (non-hydrogen) atoms. The molecule has 0 unspecified atom stereocenters. The molecule has 88 valence electrons. The fourth-order valence-electron chi connectivity index (χ4n) is 1.79. The van der Waals surface area contributed by atoms with Gasteiger partial charge in [-0.05, 0) is 49.9 Å². The number of carbonyl (C=O) groups is 1. The van der Waals surface area contributed by atoms with Gasteiger partial charge in [0.1, 0.15) is 11.5 Å². The lowest BCUT2D eigenvalue weighted by atomic mass is 9.97. The van der Waals surface area contributed by atoms with Crippen LogP contribution >= 0.6 is 11.6 Å². The van der Waals surface area contributed by atoms with Crippen molar-refractivity contribution in [2.75, 3.05) is 7.11 Å². The molecule has 0 aliphatic heterocycles. The molecular formula is C13H17ClO2. The second-order valence-corrected chi connectivity index (χ2v) is 4.39. The third-order valence-corrected chi connectivity index (χ3v) is 3.24. The number of Topliss-reactive ketones (excluding diaryl/α,β-unsaturated/α-hetero) is 1. The highest BCUT2D eigenvalue weighted by atomic mass is 35.5. The first kappa shape index (κ1) is 13.0. The van der Waals surface area contributed by atoms with E-state index in [1.165, 1.54) is 0 Å². The SMILES string of the molecule is COc1cc(C)c(CCC(C)=O)c(C)c1Cl. The minimum atomic E-state index is 0.200. The van der Waals surface area contributed by atoms with Crippen molar-refractivity contribution in [1.29, 1.82) is 0 Å². The molecular weight excluding hydrogens is 224 g/mol. The Balaban J connectivity index is 3.10. The number of benzene rings is 1. The summed E-state index contributed by atoms with van der Waals surface area (Å²) in [6.45, 7) is 5.59. The van der Waals surface area contributed by atoms with Crippen LogP contribution < -0.4 is 4.74 Å². The van der Waals surface area contributed by atoms with Crippen LogP contribution in [0.25, 0.3) is 0 Å². The molecule has 3 heteroatoms. The van der Waals surface area contributed by atoms with Gasteiger partial charge < -0.3 is 9.53 Å². The lowest BCUT2D eigenvalue weighted by molar-refractivity contribution is -0.116. The monoisotopic (exact) mass is 240 g/mol. The first-order valence-corrected chi connectivity index (χ1v) is 5.67.